The molecule has 1 aromatic heterocycles. The number of hydrogen-bond acceptors (Lipinski definition) is 4. The molecule has 5 heteroatoms. The van der Waals surface area contributed by atoms with E-state index in [1.807, 2.05) is 18.7 Å². The van der Waals surface area contributed by atoms with Gasteiger partial charge in [-0.25, -0.2) is 4.98 Å². The molecular formula is C15H25N3OS. The summed E-state index contributed by atoms with van der Waals surface area (Å²) in [5.74, 6) is 0.172. The summed E-state index contributed by atoms with van der Waals surface area (Å²) in [5, 5.41) is 0.977. The predicted octanol–water partition coefficient (Wildman–Crippen LogP) is 2.71. The second kappa shape index (κ2) is 7.18. The lowest BCUT2D eigenvalue weighted by Crippen LogP contribution is -2.35. The van der Waals surface area contributed by atoms with Crippen LogP contribution in [0.1, 0.15) is 46.6 Å². The van der Waals surface area contributed by atoms with Gasteiger partial charge in [-0.15, -0.1) is 11.3 Å². The number of amides is 1. The zero-order chi connectivity index (χ0) is 14.5. The normalized spacial score (nSPS) is 17.2. The smallest absolute Gasteiger partial charge is 0.265 e. The summed E-state index contributed by atoms with van der Waals surface area (Å²) in [6, 6.07) is 0. The maximum atomic E-state index is 12.6. The number of hydrogen-bond donors (Lipinski definition) is 0. The SMILES string of the molecule is CCCCN1CCCN(C(=O)c2sc(C)nc2C)CC1. The average molecular weight is 295 g/mol. The van der Waals surface area contributed by atoms with Crippen molar-refractivity contribution in [1.29, 1.82) is 0 Å². The fraction of sp³-hybridized carbons (Fsp3) is 0.733. The summed E-state index contributed by atoms with van der Waals surface area (Å²) in [6.07, 6.45) is 3.56. The Hall–Kier alpha value is -0.940. The van der Waals surface area contributed by atoms with Crippen molar-refractivity contribution in [3.63, 3.8) is 0 Å². The van der Waals surface area contributed by atoms with Crippen LogP contribution in [0.25, 0.3) is 0 Å². The van der Waals surface area contributed by atoms with E-state index in [1.165, 1.54) is 24.2 Å². The molecule has 1 saturated heterocycles. The Labute approximate surface area is 125 Å². The summed E-state index contributed by atoms with van der Waals surface area (Å²) in [4.78, 5) is 22.3. The minimum atomic E-state index is 0.172. The predicted molar refractivity (Wildman–Crippen MR) is 83.5 cm³/mol. The van der Waals surface area contributed by atoms with Gasteiger partial charge in [-0.2, -0.15) is 0 Å². The van der Waals surface area contributed by atoms with E-state index in [1.54, 1.807) is 0 Å². The molecule has 1 aliphatic rings. The van der Waals surface area contributed by atoms with Crippen LogP contribution in [0.3, 0.4) is 0 Å². The maximum absolute atomic E-state index is 12.6. The molecule has 0 aromatic carbocycles. The third kappa shape index (κ3) is 3.79. The molecular weight excluding hydrogens is 270 g/mol. The van der Waals surface area contributed by atoms with Crippen LogP contribution in [0.2, 0.25) is 0 Å². The van der Waals surface area contributed by atoms with Crippen LogP contribution in [-0.2, 0) is 0 Å². The van der Waals surface area contributed by atoms with Crippen molar-refractivity contribution in [3.8, 4) is 0 Å². The van der Waals surface area contributed by atoms with Gasteiger partial charge in [-0.3, -0.25) is 4.79 Å². The zero-order valence-corrected chi connectivity index (χ0v) is 13.6. The van der Waals surface area contributed by atoms with Gasteiger partial charge in [0.15, 0.2) is 0 Å². The van der Waals surface area contributed by atoms with Gasteiger partial charge in [0, 0.05) is 19.6 Å². The Bertz CT molecular complexity index is 458. The van der Waals surface area contributed by atoms with E-state index in [2.05, 4.69) is 16.8 Å². The van der Waals surface area contributed by atoms with E-state index in [0.29, 0.717) is 0 Å². The minimum Gasteiger partial charge on any atom is -0.337 e. The highest BCUT2D eigenvalue weighted by Gasteiger charge is 2.23. The Balaban J connectivity index is 1.96. The van der Waals surface area contributed by atoms with Gasteiger partial charge >= 0.3 is 0 Å². The first-order valence-electron chi connectivity index (χ1n) is 7.57. The molecule has 0 aliphatic carbocycles. The number of carbonyl (C=O) groups is 1. The van der Waals surface area contributed by atoms with Crippen molar-refractivity contribution in [3.05, 3.63) is 15.6 Å². The van der Waals surface area contributed by atoms with Gasteiger partial charge in [0.25, 0.3) is 5.91 Å². The second-order valence-corrected chi connectivity index (χ2v) is 6.69. The van der Waals surface area contributed by atoms with Gasteiger partial charge in [0.05, 0.1) is 10.7 Å². The van der Waals surface area contributed by atoms with Gasteiger partial charge in [-0.05, 0) is 39.8 Å². The van der Waals surface area contributed by atoms with E-state index in [0.717, 1.165) is 54.7 Å². The van der Waals surface area contributed by atoms with Crippen LogP contribution < -0.4 is 0 Å². The summed E-state index contributed by atoms with van der Waals surface area (Å²) in [7, 11) is 0. The van der Waals surface area contributed by atoms with Gasteiger partial charge < -0.3 is 9.80 Å². The standard InChI is InChI=1S/C15H25N3OS/c1-4-5-7-17-8-6-9-18(11-10-17)15(19)14-12(2)16-13(3)20-14/h4-11H2,1-3H3. The summed E-state index contributed by atoms with van der Waals surface area (Å²) in [5.41, 5.74) is 0.879. The summed E-state index contributed by atoms with van der Waals surface area (Å²) < 4.78 is 0. The van der Waals surface area contributed by atoms with Crippen LogP contribution in [0.5, 0.6) is 0 Å². The molecule has 1 aliphatic heterocycles. The largest absolute Gasteiger partial charge is 0.337 e. The Kier molecular flexibility index (Phi) is 5.54. The van der Waals surface area contributed by atoms with Crippen molar-refractivity contribution >= 4 is 17.2 Å². The number of aromatic nitrogens is 1. The fourth-order valence-corrected chi connectivity index (χ4v) is 3.54. The number of unbranched alkanes of at least 4 members (excludes halogenated alkanes) is 1. The van der Waals surface area contributed by atoms with Crippen LogP contribution >= 0.6 is 11.3 Å². The monoisotopic (exact) mass is 295 g/mol. The number of nitrogens with zero attached hydrogens (tertiary/aromatic N) is 3. The van der Waals surface area contributed by atoms with Crippen LogP contribution in [-0.4, -0.2) is 53.4 Å². The molecule has 1 aromatic rings. The molecule has 1 amide bonds. The van der Waals surface area contributed by atoms with E-state index >= 15 is 0 Å². The highest BCUT2D eigenvalue weighted by Crippen LogP contribution is 2.20. The maximum Gasteiger partial charge on any atom is 0.265 e. The zero-order valence-electron chi connectivity index (χ0n) is 12.8. The molecule has 2 rings (SSSR count). The van der Waals surface area contributed by atoms with Crippen molar-refractivity contribution < 1.29 is 4.79 Å². The van der Waals surface area contributed by atoms with Gasteiger partial charge in [-0.1, -0.05) is 13.3 Å². The van der Waals surface area contributed by atoms with E-state index < -0.39 is 0 Å². The quantitative estimate of drug-likeness (QED) is 0.857. The van der Waals surface area contributed by atoms with Crippen LogP contribution in [0.4, 0.5) is 0 Å². The third-order valence-electron chi connectivity index (χ3n) is 3.80. The Morgan fingerprint density at radius 3 is 2.70 bits per heavy atom. The lowest BCUT2D eigenvalue weighted by Gasteiger charge is -2.21. The van der Waals surface area contributed by atoms with Crippen molar-refractivity contribution in [2.75, 3.05) is 32.7 Å². The topological polar surface area (TPSA) is 36.4 Å². The highest BCUT2D eigenvalue weighted by molar-refractivity contribution is 7.13. The Morgan fingerprint density at radius 1 is 1.25 bits per heavy atom. The number of rotatable bonds is 4. The molecule has 2 heterocycles. The first kappa shape index (κ1) is 15.4. The number of thiazole rings is 1. The molecule has 0 saturated carbocycles. The molecule has 0 spiro atoms. The summed E-state index contributed by atoms with van der Waals surface area (Å²) >= 11 is 1.52. The molecule has 0 radical (unpaired) electrons. The molecule has 4 nitrogen and oxygen atoms in total. The number of aryl methyl sites for hydroxylation is 2. The average Bonchev–Trinajstić information content (AvgIpc) is 2.65. The molecule has 0 bridgehead atoms. The fourth-order valence-electron chi connectivity index (χ4n) is 2.65. The van der Waals surface area contributed by atoms with Crippen molar-refractivity contribution in [1.82, 2.24) is 14.8 Å². The first-order chi connectivity index (χ1) is 9.61. The van der Waals surface area contributed by atoms with Crippen molar-refractivity contribution in [2.24, 2.45) is 0 Å². The van der Waals surface area contributed by atoms with E-state index in [4.69, 9.17) is 0 Å². The molecule has 20 heavy (non-hydrogen) atoms. The van der Waals surface area contributed by atoms with E-state index in [-0.39, 0.29) is 5.91 Å². The molecule has 112 valence electrons. The lowest BCUT2D eigenvalue weighted by molar-refractivity contribution is 0.0765. The van der Waals surface area contributed by atoms with Gasteiger partial charge in [0.1, 0.15) is 4.88 Å². The molecule has 0 unspecified atom stereocenters. The second-order valence-electron chi connectivity index (χ2n) is 5.49. The summed E-state index contributed by atoms with van der Waals surface area (Å²) in [6.45, 7) is 11.1. The first-order valence-corrected chi connectivity index (χ1v) is 8.39. The van der Waals surface area contributed by atoms with Crippen LogP contribution in [0.15, 0.2) is 0 Å². The lowest BCUT2D eigenvalue weighted by atomic mass is 10.3. The molecule has 0 N–H and O–H groups in total. The third-order valence-corrected chi connectivity index (χ3v) is 4.86. The molecule has 1 fully saturated rings. The van der Waals surface area contributed by atoms with Gasteiger partial charge in [0.2, 0.25) is 0 Å². The van der Waals surface area contributed by atoms with Crippen molar-refractivity contribution in [2.45, 2.75) is 40.0 Å². The molecule has 0 atom stereocenters. The Morgan fingerprint density at radius 2 is 2.05 bits per heavy atom. The highest BCUT2D eigenvalue weighted by atomic mass is 32.1. The van der Waals surface area contributed by atoms with E-state index in [9.17, 15) is 4.79 Å². The number of carbonyl (C=O) groups excluding carboxylic acids is 1. The van der Waals surface area contributed by atoms with Crippen LogP contribution in [0, 0.1) is 13.8 Å². The minimum absolute atomic E-state index is 0.172.